The molecule has 3 aromatic heterocycles. The molecule has 3 aliphatic rings. The van der Waals surface area contributed by atoms with Gasteiger partial charge in [-0.15, -0.1) is 24.8 Å². The molecule has 0 aromatic carbocycles. The molecular formula is C34H53Cl2N19O4. The SMILES string of the molecule is CC(C)(C)OC(=O)N1CCN(c2ncc(N)cn2)CC1.CC(C)(C)OC(=O)N1CCN(c2ncc(N=[N+]=[N-])cn2)CC1.Cl.Cl.[N-]=[N+]=Nc1cnc(N2CCNCC2)nc1. The number of ether oxygens (including phenoxy) is 2. The van der Waals surface area contributed by atoms with E-state index in [9.17, 15) is 9.59 Å². The number of nitrogens with two attached hydrogens (primary N) is 1. The van der Waals surface area contributed by atoms with Crippen LogP contribution in [0.15, 0.2) is 47.4 Å². The largest absolute Gasteiger partial charge is 0.444 e. The van der Waals surface area contributed by atoms with Crippen molar-refractivity contribution in [2.75, 3.05) is 99.0 Å². The standard InChI is InChI=1S/C13H19N7O2.C13H21N5O2.C8H11N7.2ClH/c1-13(2,3)22-12(21)20-6-4-19(5-7-20)11-15-8-10(9-16-11)17-18-14;1-13(2,3)20-12(19)18-6-4-17(5-7-18)11-15-8-10(14)9-16-11;9-14-13-7-5-11-8(12-6-7)15-3-1-10-2-4-15;;/h8-9H,4-7H2,1-3H3;8-9H,4-7,14H2,1-3H3;5-6,10H,1-4H2;2*1H. The van der Waals surface area contributed by atoms with Crippen molar-refractivity contribution < 1.29 is 19.1 Å². The zero-order valence-corrected chi connectivity index (χ0v) is 35.7. The van der Waals surface area contributed by atoms with E-state index in [4.69, 9.17) is 26.3 Å². The number of piperazine rings is 3. The van der Waals surface area contributed by atoms with Crippen molar-refractivity contribution in [3.63, 3.8) is 0 Å². The summed E-state index contributed by atoms with van der Waals surface area (Å²) in [4.78, 5) is 63.7. The molecule has 0 atom stereocenters. The van der Waals surface area contributed by atoms with Crippen LogP contribution in [0.25, 0.3) is 20.9 Å². The number of nitrogens with one attached hydrogen (secondary N) is 1. The maximum Gasteiger partial charge on any atom is 0.410 e. The number of aromatic nitrogens is 6. The van der Waals surface area contributed by atoms with Gasteiger partial charge in [-0.05, 0) is 52.6 Å². The lowest BCUT2D eigenvalue weighted by molar-refractivity contribution is 0.0229. The summed E-state index contributed by atoms with van der Waals surface area (Å²) in [6, 6.07) is 0. The summed E-state index contributed by atoms with van der Waals surface area (Å²) in [5, 5.41) is 10.1. The third kappa shape index (κ3) is 16.9. The van der Waals surface area contributed by atoms with E-state index in [1.807, 2.05) is 51.3 Å². The average molecular weight is 863 g/mol. The molecule has 23 nitrogen and oxygen atoms in total. The van der Waals surface area contributed by atoms with E-state index in [1.54, 1.807) is 22.2 Å². The van der Waals surface area contributed by atoms with Crippen LogP contribution in [-0.2, 0) is 9.47 Å². The second-order valence-corrected chi connectivity index (χ2v) is 14.8. The summed E-state index contributed by atoms with van der Waals surface area (Å²) in [7, 11) is 0. The van der Waals surface area contributed by atoms with Gasteiger partial charge in [0.05, 0.1) is 29.5 Å². The summed E-state index contributed by atoms with van der Waals surface area (Å²) < 4.78 is 10.7. The lowest BCUT2D eigenvalue weighted by Gasteiger charge is -2.35. The number of carbonyl (C=O) groups is 2. The third-order valence-electron chi connectivity index (χ3n) is 8.06. The van der Waals surface area contributed by atoms with Crippen molar-refractivity contribution in [3.05, 3.63) is 58.1 Å². The Morgan fingerprint density at radius 3 is 1.20 bits per heavy atom. The number of carbonyl (C=O) groups excluding carboxylic acids is 2. The summed E-state index contributed by atoms with van der Waals surface area (Å²) in [6.07, 6.45) is 8.62. The van der Waals surface area contributed by atoms with Crippen molar-refractivity contribution in [3.8, 4) is 0 Å². The van der Waals surface area contributed by atoms with Gasteiger partial charge in [0.1, 0.15) is 11.2 Å². The molecule has 0 spiro atoms. The Morgan fingerprint density at radius 1 is 0.593 bits per heavy atom. The van der Waals surface area contributed by atoms with Gasteiger partial charge in [-0.1, -0.05) is 10.2 Å². The first-order valence-corrected chi connectivity index (χ1v) is 18.4. The zero-order valence-electron chi connectivity index (χ0n) is 34.1. The van der Waals surface area contributed by atoms with E-state index >= 15 is 0 Å². The molecule has 3 saturated heterocycles. The Kier molecular flexibility index (Phi) is 19.6. The van der Waals surface area contributed by atoms with Crippen LogP contribution in [0.4, 0.5) is 44.5 Å². The predicted octanol–water partition coefficient (Wildman–Crippen LogP) is 5.26. The van der Waals surface area contributed by atoms with E-state index in [1.165, 1.54) is 24.8 Å². The van der Waals surface area contributed by atoms with E-state index in [2.05, 4.69) is 60.2 Å². The zero-order chi connectivity index (χ0) is 41.4. The molecule has 0 radical (unpaired) electrons. The van der Waals surface area contributed by atoms with Crippen LogP contribution in [0.2, 0.25) is 0 Å². The average Bonchev–Trinajstić information content (AvgIpc) is 3.19. The van der Waals surface area contributed by atoms with E-state index in [0.717, 1.165) is 26.2 Å². The number of nitrogens with zero attached hydrogens (tertiary/aromatic N) is 17. The molecule has 3 aromatic rings. The Hall–Kier alpha value is -5.86. The quantitative estimate of drug-likeness (QED) is 0.188. The number of rotatable bonds is 5. The Bertz CT molecular complexity index is 1830. The Balaban J connectivity index is 0.000000305. The number of azide groups is 2. The Morgan fingerprint density at radius 2 is 0.898 bits per heavy atom. The molecule has 0 aliphatic carbocycles. The monoisotopic (exact) mass is 861 g/mol. The van der Waals surface area contributed by atoms with E-state index in [0.29, 0.717) is 87.3 Å². The smallest absolute Gasteiger partial charge is 0.410 e. The molecule has 59 heavy (non-hydrogen) atoms. The first-order chi connectivity index (χ1) is 27.1. The van der Waals surface area contributed by atoms with E-state index < -0.39 is 11.2 Å². The second kappa shape index (κ2) is 23.5. The lowest BCUT2D eigenvalue weighted by Crippen LogP contribution is -2.50. The highest BCUT2D eigenvalue weighted by Crippen LogP contribution is 2.18. The van der Waals surface area contributed by atoms with Gasteiger partial charge in [-0.3, -0.25) is 0 Å². The number of amides is 2. The highest BCUT2D eigenvalue weighted by molar-refractivity contribution is 5.85. The van der Waals surface area contributed by atoms with Crippen molar-refractivity contribution in [2.24, 2.45) is 10.2 Å². The number of nitrogen functional groups attached to an aromatic ring is 1. The maximum absolute atomic E-state index is 12.0. The van der Waals surface area contributed by atoms with Crippen LogP contribution >= 0.6 is 24.8 Å². The van der Waals surface area contributed by atoms with Crippen LogP contribution in [0.1, 0.15) is 41.5 Å². The molecule has 322 valence electrons. The topological polar surface area (TPSA) is 282 Å². The molecule has 0 saturated carbocycles. The van der Waals surface area contributed by atoms with Crippen molar-refractivity contribution in [1.82, 2.24) is 45.0 Å². The molecule has 6 rings (SSSR count). The summed E-state index contributed by atoms with van der Waals surface area (Å²) in [5.74, 6) is 1.89. The number of halogens is 2. The number of anilines is 4. The number of hydrogen-bond acceptors (Lipinski definition) is 17. The highest BCUT2D eigenvalue weighted by atomic mass is 35.5. The van der Waals surface area contributed by atoms with Crippen LogP contribution in [-0.4, -0.2) is 142 Å². The van der Waals surface area contributed by atoms with Gasteiger partial charge in [-0.2, -0.15) is 0 Å². The summed E-state index contributed by atoms with van der Waals surface area (Å²) >= 11 is 0. The van der Waals surface area contributed by atoms with Crippen molar-refractivity contribution in [2.45, 2.75) is 52.7 Å². The molecule has 0 unspecified atom stereocenters. The molecule has 3 N–H and O–H groups in total. The first kappa shape index (κ1) is 49.3. The fourth-order valence-corrected chi connectivity index (χ4v) is 5.35. The molecule has 0 bridgehead atoms. The molecular weight excluding hydrogens is 809 g/mol. The maximum atomic E-state index is 12.0. The number of hydrogen-bond donors (Lipinski definition) is 2. The molecule has 2 amide bonds. The Labute approximate surface area is 355 Å². The van der Waals surface area contributed by atoms with Crippen molar-refractivity contribution in [1.29, 1.82) is 0 Å². The van der Waals surface area contributed by atoms with Gasteiger partial charge in [-0.25, -0.2) is 39.5 Å². The second-order valence-electron chi connectivity index (χ2n) is 14.8. The fourth-order valence-electron chi connectivity index (χ4n) is 5.35. The molecule has 3 aliphatic heterocycles. The lowest BCUT2D eigenvalue weighted by atomic mass is 10.2. The van der Waals surface area contributed by atoms with Gasteiger partial charge in [0.15, 0.2) is 0 Å². The van der Waals surface area contributed by atoms with Crippen LogP contribution in [0, 0.1) is 0 Å². The van der Waals surface area contributed by atoms with E-state index in [-0.39, 0.29) is 37.0 Å². The van der Waals surface area contributed by atoms with Crippen LogP contribution < -0.4 is 25.8 Å². The highest BCUT2D eigenvalue weighted by Gasteiger charge is 2.28. The van der Waals surface area contributed by atoms with Gasteiger partial charge >= 0.3 is 12.2 Å². The van der Waals surface area contributed by atoms with Crippen LogP contribution in [0.5, 0.6) is 0 Å². The van der Waals surface area contributed by atoms with Gasteiger partial charge < -0.3 is 45.0 Å². The van der Waals surface area contributed by atoms with Gasteiger partial charge in [0.2, 0.25) is 17.8 Å². The first-order valence-electron chi connectivity index (χ1n) is 18.4. The molecule has 25 heteroatoms. The van der Waals surface area contributed by atoms with Crippen molar-refractivity contribution >= 4 is 71.9 Å². The normalized spacial score (nSPS) is 15.2. The summed E-state index contributed by atoms with van der Waals surface area (Å²) in [6.45, 7) is 19.8. The van der Waals surface area contributed by atoms with Gasteiger partial charge in [0, 0.05) is 113 Å². The fraction of sp³-hybridized carbons (Fsp3) is 0.588. The molecule has 3 fully saturated rings. The molecule has 6 heterocycles. The predicted molar refractivity (Wildman–Crippen MR) is 228 cm³/mol. The minimum absolute atomic E-state index is 0. The van der Waals surface area contributed by atoms with Gasteiger partial charge in [0.25, 0.3) is 0 Å². The minimum Gasteiger partial charge on any atom is -0.444 e. The van der Waals surface area contributed by atoms with Crippen LogP contribution in [0.3, 0.4) is 0 Å². The third-order valence-corrected chi connectivity index (χ3v) is 8.06. The minimum atomic E-state index is -0.492. The summed E-state index contributed by atoms with van der Waals surface area (Å²) in [5.41, 5.74) is 22.5.